The average Bonchev–Trinajstić information content (AvgIpc) is 2.72. The molecule has 1 N–H and O–H groups in total. The zero-order valence-corrected chi connectivity index (χ0v) is 10.6. The van der Waals surface area contributed by atoms with Crippen LogP contribution in [-0.4, -0.2) is 19.3 Å². The molecular weight excluding hydrogens is 206 g/mol. The van der Waals surface area contributed by atoms with E-state index >= 15 is 0 Å². The first kappa shape index (κ1) is 12.7. The highest BCUT2D eigenvalue weighted by Crippen LogP contribution is 2.21. The Balaban J connectivity index is 2.60. The van der Waals surface area contributed by atoms with Gasteiger partial charge in [-0.05, 0) is 49.2 Å². The van der Waals surface area contributed by atoms with Gasteiger partial charge in [0.15, 0.2) is 0 Å². The number of rotatable bonds is 7. The van der Waals surface area contributed by atoms with Crippen molar-refractivity contribution in [2.24, 2.45) is 0 Å². The van der Waals surface area contributed by atoms with Crippen molar-refractivity contribution in [2.75, 3.05) is 13.2 Å². The van der Waals surface area contributed by atoms with Gasteiger partial charge in [-0.3, -0.25) is 0 Å². The summed E-state index contributed by atoms with van der Waals surface area (Å²) in [6.45, 7) is 8.17. The minimum Gasteiger partial charge on any atom is -0.377 e. The second-order valence-electron chi connectivity index (χ2n) is 3.65. The third-order valence-electron chi connectivity index (χ3n) is 2.42. The molecule has 1 aromatic heterocycles. The first-order chi connectivity index (χ1) is 7.29. The van der Waals surface area contributed by atoms with E-state index in [0.29, 0.717) is 6.04 Å². The molecule has 0 aliphatic carbocycles. The molecule has 0 saturated heterocycles. The Morgan fingerprint density at radius 2 is 2.27 bits per heavy atom. The molecule has 0 spiro atoms. The van der Waals surface area contributed by atoms with E-state index in [1.165, 1.54) is 5.56 Å². The minimum atomic E-state index is 0.233. The molecule has 0 aromatic carbocycles. The predicted molar refractivity (Wildman–Crippen MR) is 66.4 cm³/mol. The summed E-state index contributed by atoms with van der Waals surface area (Å²) >= 11 is 1.74. The zero-order valence-electron chi connectivity index (χ0n) is 9.82. The summed E-state index contributed by atoms with van der Waals surface area (Å²) in [4.78, 5) is 0. The van der Waals surface area contributed by atoms with E-state index < -0.39 is 0 Å². The SMILES string of the molecule is CCCNC(c1ccsc1)C(C)OCC. The minimum absolute atomic E-state index is 0.233. The van der Waals surface area contributed by atoms with Gasteiger partial charge in [0.05, 0.1) is 12.1 Å². The molecule has 0 aliphatic heterocycles. The molecule has 0 saturated carbocycles. The van der Waals surface area contributed by atoms with Crippen molar-refractivity contribution in [3.05, 3.63) is 22.4 Å². The van der Waals surface area contributed by atoms with Crippen molar-refractivity contribution < 1.29 is 4.74 Å². The van der Waals surface area contributed by atoms with Crippen molar-refractivity contribution >= 4 is 11.3 Å². The second-order valence-corrected chi connectivity index (χ2v) is 4.43. The van der Waals surface area contributed by atoms with Gasteiger partial charge in [0.25, 0.3) is 0 Å². The number of thiophene rings is 1. The number of hydrogen-bond donors (Lipinski definition) is 1. The number of nitrogens with one attached hydrogen (secondary N) is 1. The fraction of sp³-hybridized carbons (Fsp3) is 0.667. The van der Waals surface area contributed by atoms with Crippen LogP contribution < -0.4 is 5.32 Å². The first-order valence-corrected chi connectivity index (χ1v) is 6.61. The molecule has 1 aromatic rings. The maximum atomic E-state index is 5.67. The van der Waals surface area contributed by atoms with Crippen LogP contribution in [0.5, 0.6) is 0 Å². The summed E-state index contributed by atoms with van der Waals surface area (Å²) in [5.74, 6) is 0. The normalized spacial score (nSPS) is 15.1. The molecule has 2 unspecified atom stereocenters. The summed E-state index contributed by atoms with van der Waals surface area (Å²) < 4.78 is 5.67. The van der Waals surface area contributed by atoms with Crippen molar-refractivity contribution in [1.82, 2.24) is 5.32 Å². The van der Waals surface area contributed by atoms with Crippen molar-refractivity contribution in [1.29, 1.82) is 0 Å². The maximum Gasteiger partial charge on any atom is 0.0741 e. The van der Waals surface area contributed by atoms with Gasteiger partial charge < -0.3 is 10.1 Å². The van der Waals surface area contributed by atoms with Crippen LogP contribution in [0.15, 0.2) is 16.8 Å². The van der Waals surface area contributed by atoms with E-state index in [1.54, 1.807) is 11.3 Å². The van der Waals surface area contributed by atoms with E-state index in [2.05, 4.69) is 36.0 Å². The van der Waals surface area contributed by atoms with Gasteiger partial charge >= 0.3 is 0 Å². The summed E-state index contributed by atoms with van der Waals surface area (Å²) in [6.07, 6.45) is 1.38. The molecule has 86 valence electrons. The van der Waals surface area contributed by atoms with Gasteiger partial charge in [-0.1, -0.05) is 6.92 Å². The van der Waals surface area contributed by atoms with Gasteiger partial charge in [0, 0.05) is 6.61 Å². The molecule has 0 amide bonds. The Morgan fingerprint density at radius 3 is 2.80 bits per heavy atom. The van der Waals surface area contributed by atoms with E-state index in [1.807, 2.05) is 6.92 Å². The van der Waals surface area contributed by atoms with Gasteiger partial charge in [0.2, 0.25) is 0 Å². The van der Waals surface area contributed by atoms with Crippen LogP contribution in [0.25, 0.3) is 0 Å². The predicted octanol–water partition coefficient (Wildman–Crippen LogP) is 3.21. The molecule has 1 rings (SSSR count). The van der Waals surface area contributed by atoms with Crippen LogP contribution in [0.1, 0.15) is 38.8 Å². The Hall–Kier alpha value is -0.380. The first-order valence-electron chi connectivity index (χ1n) is 5.66. The van der Waals surface area contributed by atoms with Gasteiger partial charge in [-0.25, -0.2) is 0 Å². The van der Waals surface area contributed by atoms with Gasteiger partial charge in [-0.2, -0.15) is 11.3 Å². The van der Waals surface area contributed by atoms with Crippen LogP contribution >= 0.6 is 11.3 Å². The lowest BCUT2D eigenvalue weighted by molar-refractivity contribution is 0.0474. The molecule has 3 heteroatoms. The van der Waals surface area contributed by atoms with Gasteiger partial charge in [-0.15, -0.1) is 0 Å². The van der Waals surface area contributed by atoms with E-state index in [9.17, 15) is 0 Å². The standard InChI is InChI=1S/C12H21NOS/c1-4-7-13-12(10(3)14-5-2)11-6-8-15-9-11/h6,8-10,12-13H,4-5,7H2,1-3H3. The monoisotopic (exact) mass is 227 g/mol. The second kappa shape index (κ2) is 6.99. The maximum absolute atomic E-state index is 5.67. The molecule has 15 heavy (non-hydrogen) atoms. The van der Waals surface area contributed by atoms with Crippen LogP contribution in [0.4, 0.5) is 0 Å². The van der Waals surface area contributed by atoms with Crippen molar-refractivity contribution in [3.8, 4) is 0 Å². The molecule has 0 fully saturated rings. The third-order valence-corrected chi connectivity index (χ3v) is 3.12. The lowest BCUT2D eigenvalue weighted by Gasteiger charge is -2.24. The Bertz CT molecular complexity index is 248. The molecule has 1 heterocycles. The summed E-state index contributed by atoms with van der Waals surface area (Å²) in [7, 11) is 0. The number of ether oxygens (including phenoxy) is 1. The third kappa shape index (κ3) is 3.93. The fourth-order valence-corrected chi connectivity index (χ4v) is 2.36. The van der Waals surface area contributed by atoms with Crippen molar-refractivity contribution in [3.63, 3.8) is 0 Å². The number of hydrogen-bond acceptors (Lipinski definition) is 3. The molecule has 2 nitrogen and oxygen atoms in total. The van der Waals surface area contributed by atoms with Gasteiger partial charge in [0.1, 0.15) is 0 Å². The van der Waals surface area contributed by atoms with Crippen molar-refractivity contribution in [2.45, 2.75) is 39.3 Å². The van der Waals surface area contributed by atoms with E-state index in [0.717, 1.165) is 19.6 Å². The molecular formula is C12H21NOS. The topological polar surface area (TPSA) is 21.3 Å². The highest BCUT2D eigenvalue weighted by molar-refractivity contribution is 7.07. The summed E-state index contributed by atoms with van der Waals surface area (Å²) in [5, 5.41) is 7.85. The smallest absolute Gasteiger partial charge is 0.0741 e. The average molecular weight is 227 g/mol. The summed E-state index contributed by atoms with van der Waals surface area (Å²) in [6, 6.07) is 2.50. The molecule has 2 atom stereocenters. The lowest BCUT2D eigenvalue weighted by atomic mass is 10.1. The largest absolute Gasteiger partial charge is 0.377 e. The highest BCUT2D eigenvalue weighted by Gasteiger charge is 2.18. The van der Waals surface area contributed by atoms with Crippen LogP contribution in [0.3, 0.4) is 0 Å². The summed E-state index contributed by atoms with van der Waals surface area (Å²) in [5.41, 5.74) is 1.34. The Labute approximate surface area is 96.7 Å². The van der Waals surface area contributed by atoms with E-state index in [4.69, 9.17) is 4.74 Å². The fourth-order valence-electron chi connectivity index (χ4n) is 1.67. The zero-order chi connectivity index (χ0) is 11.1. The van der Waals surface area contributed by atoms with Crippen LogP contribution in [0.2, 0.25) is 0 Å². The lowest BCUT2D eigenvalue weighted by Crippen LogP contribution is -2.32. The molecule has 0 aliphatic rings. The highest BCUT2D eigenvalue weighted by atomic mass is 32.1. The van der Waals surface area contributed by atoms with E-state index in [-0.39, 0.29) is 6.10 Å². The Kier molecular flexibility index (Phi) is 5.91. The molecule has 0 radical (unpaired) electrons. The van der Waals surface area contributed by atoms with Crippen LogP contribution in [-0.2, 0) is 4.74 Å². The quantitative estimate of drug-likeness (QED) is 0.772. The molecule has 0 bridgehead atoms. The Morgan fingerprint density at radius 1 is 1.47 bits per heavy atom. The van der Waals surface area contributed by atoms with Crippen LogP contribution in [0, 0.1) is 0 Å².